The summed E-state index contributed by atoms with van der Waals surface area (Å²) in [6, 6.07) is -0.454. The summed E-state index contributed by atoms with van der Waals surface area (Å²) in [7, 11) is 2.96. The van der Waals surface area contributed by atoms with Gasteiger partial charge in [0.05, 0.1) is 0 Å². The zero-order valence-corrected chi connectivity index (χ0v) is 18.1. The second kappa shape index (κ2) is 7.44. The minimum atomic E-state index is -0.564. The second-order valence-electron chi connectivity index (χ2n) is 9.97. The molecule has 3 saturated carbocycles. The van der Waals surface area contributed by atoms with Crippen LogP contribution < -0.4 is 5.32 Å². The highest BCUT2D eigenvalue weighted by Crippen LogP contribution is 2.64. The number of fused-ring (bicyclic) bond motifs is 5. The molecule has 7 atom stereocenters. The van der Waals surface area contributed by atoms with E-state index in [1.165, 1.54) is 19.7 Å². The number of imide groups is 1. The Labute approximate surface area is 173 Å². The smallest absolute Gasteiger partial charge is 0.417 e. The first-order valence-corrected chi connectivity index (χ1v) is 11.2. The van der Waals surface area contributed by atoms with Crippen molar-refractivity contribution in [3.05, 3.63) is 11.6 Å². The van der Waals surface area contributed by atoms with Crippen molar-refractivity contribution in [3.8, 4) is 0 Å². The lowest BCUT2D eigenvalue weighted by atomic mass is 9.49. The largest absolute Gasteiger partial charge is 0.445 e. The maximum atomic E-state index is 12.5. The SMILES string of the molecule is CNC(=O)N(C)C(=O)OC1CCC2C3CCC4=CC(=O)CCC4C3C(C)CC12C. The second-order valence-corrected chi connectivity index (χ2v) is 9.97. The average Bonchev–Trinajstić information content (AvgIpc) is 3.01. The predicted octanol–water partition coefficient (Wildman–Crippen LogP) is 4.15. The maximum Gasteiger partial charge on any atom is 0.417 e. The Bertz CT molecular complexity index is 747. The van der Waals surface area contributed by atoms with Gasteiger partial charge in [0, 0.05) is 25.9 Å². The third-order valence-corrected chi connectivity index (χ3v) is 8.54. The third kappa shape index (κ3) is 3.28. The lowest BCUT2D eigenvalue weighted by Gasteiger charge is -2.56. The predicted molar refractivity (Wildman–Crippen MR) is 109 cm³/mol. The van der Waals surface area contributed by atoms with Crippen LogP contribution in [0.5, 0.6) is 0 Å². The number of urea groups is 1. The molecule has 4 aliphatic rings. The number of hydrogen-bond donors (Lipinski definition) is 1. The van der Waals surface area contributed by atoms with Crippen molar-refractivity contribution in [1.29, 1.82) is 0 Å². The number of ether oxygens (including phenoxy) is 1. The maximum absolute atomic E-state index is 12.5. The lowest BCUT2D eigenvalue weighted by molar-refractivity contribution is -0.117. The zero-order chi connectivity index (χ0) is 20.9. The van der Waals surface area contributed by atoms with Crippen LogP contribution in [-0.4, -0.2) is 43.0 Å². The fourth-order valence-corrected chi connectivity index (χ4v) is 7.37. The first-order chi connectivity index (χ1) is 13.8. The van der Waals surface area contributed by atoms with E-state index >= 15 is 0 Å². The molecule has 4 aliphatic carbocycles. The number of nitrogens with one attached hydrogen (secondary N) is 1. The summed E-state index contributed by atoms with van der Waals surface area (Å²) < 4.78 is 5.89. The first-order valence-electron chi connectivity index (χ1n) is 11.2. The number of amides is 3. The van der Waals surface area contributed by atoms with E-state index in [1.54, 1.807) is 0 Å². The number of carbonyl (C=O) groups excluding carboxylic acids is 3. The van der Waals surface area contributed by atoms with Crippen LogP contribution in [0, 0.1) is 35.0 Å². The summed E-state index contributed by atoms with van der Waals surface area (Å²) in [6.45, 7) is 4.65. The van der Waals surface area contributed by atoms with E-state index in [0.717, 1.165) is 43.4 Å². The Morgan fingerprint density at radius 1 is 1.21 bits per heavy atom. The molecule has 3 fully saturated rings. The minimum absolute atomic E-state index is 0.0362. The highest BCUT2D eigenvalue weighted by atomic mass is 16.6. The van der Waals surface area contributed by atoms with Crippen LogP contribution in [0.1, 0.15) is 58.8 Å². The Morgan fingerprint density at radius 3 is 2.69 bits per heavy atom. The average molecular weight is 403 g/mol. The van der Waals surface area contributed by atoms with Crippen molar-refractivity contribution in [1.82, 2.24) is 10.2 Å². The molecule has 29 heavy (non-hydrogen) atoms. The Kier molecular flexibility index (Phi) is 5.24. The summed E-state index contributed by atoms with van der Waals surface area (Å²) in [5.74, 6) is 3.23. The molecule has 3 amide bonds. The van der Waals surface area contributed by atoms with Crippen LogP contribution in [0.3, 0.4) is 0 Å². The molecular weight excluding hydrogens is 368 g/mol. The van der Waals surface area contributed by atoms with Gasteiger partial charge in [-0.1, -0.05) is 19.4 Å². The molecule has 7 unspecified atom stereocenters. The van der Waals surface area contributed by atoms with Gasteiger partial charge in [-0.3, -0.25) is 4.79 Å². The highest BCUT2D eigenvalue weighted by molar-refractivity contribution is 5.91. The summed E-state index contributed by atoms with van der Waals surface area (Å²) >= 11 is 0. The van der Waals surface area contributed by atoms with Crippen LogP contribution >= 0.6 is 0 Å². The summed E-state index contributed by atoms with van der Waals surface area (Å²) in [5.41, 5.74) is 1.36. The molecule has 0 aliphatic heterocycles. The van der Waals surface area contributed by atoms with Gasteiger partial charge in [-0.25, -0.2) is 14.5 Å². The van der Waals surface area contributed by atoms with Crippen molar-refractivity contribution >= 4 is 17.9 Å². The number of carbonyl (C=O) groups is 3. The van der Waals surface area contributed by atoms with Crippen molar-refractivity contribution in [3.63, 3.8) is 0 Å². The number of nitrogens with zero attached hydrogens (tertiary/aromatic N) is 1. The van der Waals surface area contributed by atoms with Crippen LogP contribution in [0.4, 0.5) is 9.59 Å². The standard InChI is InChI=1S/C23H34N2O4/c1-13-12-23(2)18(9-10-19(23)29-22(28)25(4)21(27)24-3)17-7-5-14-11-15(26)6-8-16(14)20(13)17/h11,13,16-20H,5-10,12H2,1-4H3,(H,24,27). The first kappa shape index (κ1) is 20.4. The van der Waals surface area contributed by atoms with Gasteiger partial charge in [-0.2, -0.15) is 0 Å². The van der Waals surface area contributed by atoms with Crippen molar-refractivity contribution < 1.29 is 19.1 Å². The van der Waals surface area contributed by atoms with Crippen molar-refractivity contribution in [2.75, 3.05) is 14.1 Å². The summed E-state index contributed by atoms with van der Waals surface area (Å²) in [4.78, 5) is 37.2. The third-order valence-electron chi connectivity index (χ3n) is 8.54. The van der Waals surface area contributed by atoms with Crippen molar-refractivity contribution in [2.24, 2.45) is 35.0 Å². The molecule has 0 saturated heterocycles. The minimum Gasteiger partial charge on any atom is -0.445 e. The molecule has 0 bridgehead atoms. The fraction of sp³-hybridized carbons (Fsp3) is 0.783. The van der Waals surface area contributed by atoms with Crippen LogP contribution in [0.2, 0.25) is 0 Å². The molecule has 160 valence electrons. The van der Waals surface area contributed by atoms with Crippen LogP contribution in [0.25, 0.3) is 0 Å². The number of ketones is 1. The zero-order valence-electron chi connectivity index (χ0n) is 18.1. The van der Waals surface area contributed by atoms with Crippen LogP contribution in [-0.2, 0) is 9.53 Å². The van der Waals surface area contributed by atoms with Crippen molar-refractivity contribution in [2.45, 2.75) is 64.9 Å². The quantitative estimate of drug-likeness (QED) is 0.715. The van der Waals surface area contributed by atoms with Gasteiger partial charge in [-0.05, 0) is 74.2 Å². The molecule has 0 aromatic carbocycles. The van der Waals surface area contributed by atoms with Gasteiger partial charge < -0.3 is 10.1 Å². The molecule has 6 heteroatoms. The molecular formula is C23H34N2O4. The van der Waals surface area contributed by atoms with E-state index in [9.17, 15) is 14.4 Å². The molecule has 1 N–H and O–H groups in total. The topological polar surface area (TPSA) is 75.7 Å². The molecule has 0 radical (unpaired) electrons. The van der Waals surface area contributed by atoms with Gasteiger partial charge >= 0.3 is 12.1 Å². The van der Waals surface area contributed by atoms with Crippen LogP contribution in [0.15, 0.2) is 11.6 Å². The molecule has 6 nitrogen and oxygen atoms in total. The van der Waals surface area contributed by atoms with E-state index in [-0.39, 0.29) is 11.5 Å². The van der Waals surface area contributed by atoms with Gasteiger partial charge in [0.2, 0.25) is 0 Å². The molecule has 0 spiro atoms. The summed E-state index contributed by atoms with van der Waals surface area (Å²) in [5, 5.41) is 2.47. The van der Waals surface area contributed by atoms with E-state index in [0.29, 0.717) is 41.8 Å². The van der Waals surface area contributed by atoms with E-state index in [4.69, 9.17) is 4.74 Å². The molecule has 0 aromatic rings. The number of allylic oxidation sites excluding steroid dienone is 1. The number of rotatable bonds is 1. The molecule has 0 heterocycles. The highest BCUT2D eigenvalue weighted by Gasteiger charge is 2.59. The monoisotopic (exact) mass is 402 g/mol. The Morgan fingerprint density at radius 2 is 1.97 bits per heavy atom. The van der Waals surface area contributed by atoms with E-state index in [1.807, 2.05) is 6.08 Å². The van der Waals surface area contributed by atoms with Gasteiger partial charge in [0.15, 0.2) is 5.78 Å². The Balaban J connectivity index is 1.53. The number of hydrogen-bond acceptors (Lipinski definition) is 4. The van der Waals surface area contributed by atoms with Gasteiger partial charge in [-0.15, -0.1) is 0 Å². The van der Waals surface area contributed by atoms with E-state index in [2.05, 4.69) is 19.2 Å². The van der Waals surface area contributed by atoms with Gasteiger partial charge in [0.25, 0.3) is 0 Å². The normalized spacial score (nSPS) is 40.8. The molecule has 4 rings (SSSR count). The summed E-state index contributed by atoms with van der Waals surface area (Å²) in [6.07, 6.45) is 8.12. The molecule has 0 aromatic heterocycles. The lowest BCUT2D eigenvalue weighted by Crippen LogP contribution is -2.52. The Hall–Kier alpha value is -1.85. The fourth-order valence-electron chi connectivity index (χ4n) is 7.37. The van der Waals surface area contributed by atoms with Gasteiger partial charge in [0.1, 0.15) is 6.10 Å². The van der Waals surface area contributed by atoms with E-state index < -0.39 is 12.1 Å².